The lowest BCUT2D eigenvalue weighted by atomic mass is 9.54. The Morgan fingerprint density at radius 1 is 0.933 bits per heavy atom. The molecule has 0 N–H and O–H groups in total. The van der Waals surface area contributed by atoms with Gasteiger partial charge in [-0.3, -0.25) is 0 Å². The first-order chi connectivity index (χ1) is 7.03. The zero-order chi connectivity index (χ0) is 11.1. The van der Waals surface area contributed by atoms with E-state index in [1.54, 1.807) is 0 Å². The van der Waals surface area contributed by atoms with Crippen molar-refractivity contribution in [1.29, 1.82) is 0 Å². The Balaban J connectivity index is 1.98. The molecule has 0 spiro atoms. The molecule has 2 aliphatic rings. The number of hydrogen-bond acceptors (Lipinski definition) is 0. The fourth-order valence-electron chi connectivity index (χ4n) is 3.83. The summed E-state index contributed by atoms with van der Waals surface area (Å²) < 4.78 is 0. The minimum Gasteiger partial charge on any atom is -0.0623 e. The summed E-state index contributed by atoms with van der Waals surface area (Å²) in [5, 5.41) is 0. The van der Waals surface area contributed by atoms with Gasteiger partial charge in [0.2, 0.25) is 0 Å². The minimum absolute atomic E-state index is 0.575. The summed E-state index contributed by atoms with van der Waals surface area (Å²) in [6, 6.07) is 0. The van der Waals surface area contributed by atoms with E-state index in [0.717, 1.165) is 23.7 Å². The van der Waals surface area contributed by atoms with Crippen LogP contribution in [0, 0.1) is 29.1 Å². The zero-order valence-corrected chi connectivity index (χ0v) is 11.1. The van der Waals surface area contributed by atoms with E-state index in [1.807, 2.05) is 0 Å². The quantitative estimate of drug-likeness (QED) is 0.620. The van der Waals surface area contributed by atoms with Crippen LogP contribution in [0.2, 0.25) is 0 Å². The van der Waals surface area contributed by atoms with Gasteiger partial charge in [0.1, 0.15) is 0 Å². The standard InChI is InChI=1S/C15H28/c1-11(2)15(3,4)14-10-9-13(14)12-7-5-6-8-12/h11-14H,5-10H2,1-4H3/t13-,14-/m1/s1. The molecule has 2 saturated carbocycles. The molecule has 2 aliphatic carbocycles. The summed E-state index contributed by atoms with van der Waals surface area (Å²) in [6.45, 7) is 9.82. The Morgan fingerprint density at radius 2 is 1.53 bits per heavy atom. The van der Waals surface area contributed by atoms with Gasteiger partial charge in [-0.1, -0.05) is 53.4 Å². The van der Waals surface area contributed by atoms with E-state index >= 15 is 0 Å². The first kappa shape index (κ1) is 11.5. The van der Waals surface area contributed by atoms with Crippen LogP contribution in [0.1, 0.15) is 66.2 Å². The SMILES string of the molecule is CC(C)C(C)(C)[C@@H]1CC[C@@H]1C1CCCC1. The molecule has 0 aliphatic heterocycles. The Bertz CT molecular complexity index is 208. The number of hydrogen-bond donors (Lipinski definition) is 0. The molecular formula is C15H28. The lowest BCUT2D eigenvalue weighted by Crippen LogP contribution is -2.43. The third-order valence-electron chi connectivity index (χ3n) is 5.78. The maximum absolute atomic E-state index is 2.50. The Labute approximate surface area is 95.8 Å². The molecule has 15 heavy (non-hydrogen) atoms. The van der Waals surface area contributed by atoms with Crippen LogP contribution in [0.4, 0.5) is 0 Å². The fourth-order valence-corrected chi connectivity index (χ4v) is 3.83. The molecule has 0 aromatic carbocycles. The van der Waals surface area contributed by atoms with Gasteiger partial charge in [0.25, 0.3) is 0 Å². The van der Waals surface area contributed by atoms with Crippen molar-refractivity contribution in [3.63, 3.8) is 0 Å². The van der Waals surface area contributed by atoms with Crippen molar-refractivity contribution in [3.8, 4) is 0 Å². The normalized spacial score (nSPS) is 33.4. The van der Waals surface area contributed by atoms with Gasteiger partial charge in [-0.25, -0.2) is 0 Å². The highest BCUT2D eigenvalue weighted by Crippen LogP contribution is 2.55. The van der Waals surface area contributed by atoms with Crippen LogP contribution in [0.25, 0.3) is 0 Å². The first-order valence-electron chi connectivity index (χ1n) is 7.03. The van der Waals surface area contributed by atoms with Gasteiger partial charge in [-0.2, -0.15) is 0 Å². The van der Waals surface area contributed by atoms with Gasteiger partial charge in [-0.15, -0.1) is 0 Å². The summed E-state index contributed by atoms with van der Waals surface area (Å²) >= 11 is 0. The molecule has 0 saturated heterocycles. The maximum Gasteiger partial charge on any atom is -0.0300 e. The topological polar surface area (TPSA) is 0 Å². The van der Waals surface area contributed by atoms with Crippen molar-refractivity contribution < 1.29 is 0 Å². The second-order valence-electron chi connectivity index (χ2n) is 6.87. The summed E-state index contributed by atoms with van der Waals surface area (Å²) in [5.41, 5.74) is 0.575. The maximum atomic E-state index is 2.50. The van der Waals surface area contributed by atoms with E-state index in [1.165, 1.54) is 38.5 Å². The first-order valence-corrected chi connectivity index (χ1v) is 7.03. The smallest absolute Gasteiger partial charge is 0.0300 e. The van der Waals surface area contributed by atoms with Gasteiger partial charge in [0, 0.05) is 0 Å². The Kier molecular flexibility index (Phi) is 3.14. The highest BCUT2D eigenvalue weighted by Gasteiger charge is 2.46. The molecule has 0 bridgehead atoms. The second-order valence-corrected chi connectivity index (χ2v) is 6.87. The van der Waals surface area contributed by atoms with Crippen LogP contribution in [-0.2, 0) is 0 Å². The van der Waals surface area contributed by atoms with E-state index in [9.17, 15) is 0 Å². The summed E-state index contributed by atoms with van der Waals surface area (Å²) in [4.78, 5) is 0. The van der Waals surface area contributed by atoms with E-state index in [0.29, 0.717) is 5.41 Å². The van der Waals surface area contributed by atoms with Crippen LogP contribution in [0.3, 0.4) is 0 Å². The molecule has 0 heteroatoms. The molecule has 0 aromatic rings. The van der Waals surface area contributed by atoms with Gasteiger partial charge in [-0.05, 0) is 41.9 Å². The van der Waals surface area contributed by atoms with Crippen LogP contribution in [-0.4, -0.2) is 0 Å². The Hall–Kier alpha value is 0. The zero-order valence-electron chi connectivity index (χ0n) is 11.1. The van der Waals surface area contributed by atoms with Crippen LogP contribution in [0.5, 0.6) is 0 Å². The van der Waals surface area contributed by atoms with E-state index in [4.69, 9.17) is 0 Å². The number of rotatable bonds is 3. The monoisotopic (exact) mass is 208 g/mol. The van der Waals surface area contributed by atoms with Crippen LogP contribution >= 0.6 is 0 Å². The largest absolute Gasteiger partial charge is 0.0623 e. The predicted octanol–water partition coefficient (Wildman–Crippen LogP) is 4.89. The summed E-state index contributed by atoms with van der Waals surface area (Å²) in [7, 11) is 0. The van der Waals surface area contributed by atoms with Crippen LogP contribution < -0.4 is 0 Å². The van der Waals surface area contributed by atoms with Crippen molar-refractivity contribution in [3.05, 3.63) is 0 Å². The molecule has 0 aromatic heterocycles. The van der Waals surface area contributed by atoms with Crippen molar-refractivity contribution in [2.45, 2.75) is 66.2 Å². The molecule has 0 heterocycles. The van der Waals surface area contributed by atoms with Crippen molar-refractivity contribution in [1.82, 2.24) is 0 Å². The lowest BCUT2D eigenvalue weighted by molar-refractivity contribution is -0.0210. The second kappa shape index (κ2) is 4.11. The fraction of sp³-hybridized carbons (Fsp3) is 1.00. The van der Waals surface area contributed by atoms with Gasteiger partial charge in [0.05, 0.1) is 0 Å². The van der Waals surface area contributed by atoms with E-state index < -0.39 is 0 Å². The molecule has 2 fully saturated rings. The predicted molar refractivity (Wildman–Crippen MR) is 66.8 cm³/mol. The molecule has 0 amide bonds. The molecule has 0 nitrogen and oxygen atoms in total. The molecule has 2 atom stereocenters. The lowest BCUT2D eigenvalue weighted by Gasteiger charge is -2.51. The molecule has 2 rings (SSSR count). The summed E-state index contributed by atoms with van der Waals surface area (Å²) in [5.74, 6) is 4.05. The van der Waals surface area contributed by atoms with Crippen molar-refractivity contribution >= 4 is 0 Å². The van der Waals surface area contributed by atoms with Crippen molar-refractivity contribution in [2.24, 2.45) is 29.1 Å². The summed E-state index contributed by atoms with van der Waals surface area (Å²) in [6.07, 6.45) is 9.13. The van der Waals surface area contributed by atoms with Crippen LogP contribution in [0.15, 0.2) is 0 Å². The Morgan fingerprint density at radius 3 is 1.93 bits per heavy atom. The highest BCUT2D eigenvalue weighted by molar-refractivity contribution is 4.95. The third-order valence-corrected chi connectivity index (χ3v) is 5.78. The average Bonchev–Trinajstić information content (AvgIpc) is 2.53. The molecule has 0 unspecified atom stereocenters. The molecular weight excluding hydrogens is 180 g/mol. The van der Waals surface area contributed by atoms with E-state index in [2.05, 4.69) is 27.7 Å². The van der Waals surface area contributed by atoms with Crippen molar-refractivity contribution in [2.75, 3.05) is 0 Å². The minimum atomic E-state index is 0.575. The van der Waals surface area contributed by atoms with Gasteiger partial charge < -0.3 is 0 Å². The average molecular weight is 208 g/mol. The van der Waals surface area contributed by atoms with E-state index in [-0.39, 0.29) is 0 Å². The molecule has 88 valence electrons. The van der Waals surface area contributed by atoms with Gasteiger partial charge in [0.15, 0.2) is 0 Å². The highest BCUT2D eigenvalue weighted by atomic mass is 14.5. The molecule has 0 radical (unpaired) electrons. The van der Waals surface area contributed by atoms with Gasteiger partial charge >= 0.3 is 0 Å². The third kappa shape index (κ3) is 1.97.